The Hall–Kier alpha value is -2.82. The SMILES string of the molecule is C=CCn1c(COc2ccc(Cl)cc2)nnc1SCC(=O)Nc1sc(C)cc1C(=O)OCC. The number of thiophene rings is 1. The largest absolute Gasteiger partial charge is 0.486 e. The van der Waals surface area contributed by atoms with E-state index in [1.54, 1.807) is 43.3 Å². The molecule has 1 aromatic carbocycles. The minimum absolute atomic E-state index is 0.0898. The summed E-state index contributed by atoms with van der Waals surface area (Å²) in [7, 11) is 0. The van der Waals surface area contributed by atoms with Crippen LogP contribution >= 0.6 is 34.7 Å². The molecule has 0 bridgehead atoms. The first-order valence-corrected chi connectivity index (χ1v) is 12.2. The number of esters is 1. The molecule has 11 heteroatoms. The number of rotatable bonds is 11. The summed E-state index contributed by atoms with van der Waals surface area (Å²) in [5.74, 6) is 0.628. The van der Waals surface area contributed by atoms with Crippen molar-refractivity contribution in [2.24, 2.45) is 0 Å². The maximum Gasteiger partial charge on any atom is 0.341 e. The van der Waals surface area contributed by atoms with Gasteiger partial charge in [0.2, 0.25) is 5.91 Å². The Morgan fingerprint density at radius 3 is 2.76 bits per heavy atom. The number of benzene rings is 1. The summed E-state index contributed by atoms with van der Waals surface area (Å²) in [5, 5.41) is 12.8. The molecule has 0 spiro atoms. The molecule has 1 amide bonds. The number of hydrogen-bond donors (Lipinski definition) is 1. The number of thioether (sulfide) groups is 1. The van der Waals surface area contributed by atoms with E-state index in [1.165, 1.54) is 23.1 Å². The number of amides is 1. The quantitative estimate of drug-likeness (QED) is 0.223. The maximum atomic E-state index is 12.6. The zero-order chi connectivity index (χ0) is 23.8. The van der Waals surface area contributed by atoms with Crippen LogP contribution in [0.3, 0.4) is 0 Å². The lowest BCUT2D eigenvalue weighted by atomic mass is 10.3. The fourth-order valence-corrected chi connectivity index (χ4v) is 4.59. The molecule has 0 aliphatic heterocycles. The Balaban J connectivity index is 1.62. The van der Waals surface area contributed by atoms with Gasteiger partial charge in [0.05, 0.1) is 17.9 Å². The molecule has 0 atom stereocenters. The van der Waals surface area contributed by atoms with Crippen molar-refractivity contribution in [3.63, 3.8) is 0 Å². The van der Waals surface area contributed by atoms with E-state index >= 15 is 0 Å². The highest BCUT2D eigenvalue weighted by Gasteiger charge is 2.19. The Morgan fingerprint density at radius 1 is 1.30 bits per heavy atom. The van der Waals surface area contributed by atoms with Gasteiger partial charge in [0.1, 0.15) is 17.4 Å². The molecule has 174 valence electrons. The highest BCUT2D eigenvalue weighted by Crippen LogP contribution is 2.29. The van der Waals surface area contributed by atoms with Gasteiger partial charge in [0, 0.05) is 16.4 Å². The number of nitrogens with zero attached hydrogens (tertiary/aromatic N) is 3. The molecule has 33 heavy (non-hydrogen) atoms. The summed E-state index contributed by atoms with van der Waals surface area (Å²) in [4.78, 5) is 25.6. The molecule has 0 saturated heterocycles. The number of carbonyl (C=O) groups excluding carboxylic acids is 2. The van der Waals surface area contributed by atoms with Crippen LogP contribution in [0.1, 0.15) is 28.0 Å². The van der Waals surface area contributed by atoms with Crippen molar-refractivity contribution < 1.29 is 19.1 Å². The van der Waals surface area contributed by atoms with E-state index in [9.17, 15) is 9.59 Å². The zero-order valence-corrected chi connectivity index (χ0v) is 20.6. The topological polar surface area (TPSA) is 95.3 Å². The number of halogens is 1. The zero-order valence-electron chi connectivity index (χ0n) is 18.2. The number of aromatic nitrogens is 3. The predicted molar refractivity (Wildman–Crippen MR) is 130 cm³/mol. The van der Waals surface area contributed by atoms with Crippen LogP contribution in [0.5, 0.6) is 5.75 Å². The monoisotopic (exact) mass is 506 g/mol. The summed E-state index contributed by atoms with van der Waals surface area (Å²) < 4.78 is 12.7. The minimum atomic E-state index is -0.458. The van der Waals surface area contributed by atoms with Crippen LogP contribution in [0.25, 0.3) is 0 Å². The molecule has 2 aromatic heterocycles. The molecule has 0 aliphatic carbocycles. The van der Waals surface area contributed by atoms with Gasteiger partial charge >= 0.3 is 5.97 Å². The van der Waals surface area contributed by atoms with Crippen LogP contribution < -0.4 is 10.1 Å². The van der Waals surface area contributed by atoms with Crippen LogP contribution in [0.4, 0.5) is 5.00 Å². The Bertz CT molecular complexity index is 1130. The van der Waals surface area contributed by atoms with Crippen molar-refractivity contribution in [2.75, 3.05) is 17.7 Å². The number of nitrogens with one attached hydrogen (secondary N) is 1. The molecular weight excluding hydrogens is 484 g/mol. The molecule has 0 unspecified atom stereocenters. The van der Waals surface area contributed by atoms with E-state index < -0.39 is 5.97 Å². The third-order valence-corrected chi connectivity index (χ3v) is 6.41. The molecule has 2 heterocycles. The second-order valence-corrected chi connectivity index (χ2v) is 9.33. The average Bonchev–Trinajstić information content (AvgIpc) is 3.35. The van der Waals surface area contributed by atoms with Gasteiger partial charge in [0.15, 0.2) is 11.0 Å². The number of anilines is 1. The molecular formula is C22H23ClN4O4S2. The third-order valence-electron chi connectivity index (χ3n) is 4.22. The van der Waals surface area contributed by atoms with Gasteiger partial charge < -0.3 is 14.8 Å². The lowest BCUT2D eigenvalue weighted by Crippen LogP contribution is -2.16. The van der Waals surface area contributed by atoms with Crippen LogP contribution in [0.2, 0.25) is 5.02 Å². The van der Waals surface area contributed by atoms with Gasteiger partial charge in [-0.25, -0.2) is 4.79 Å². The minimum Gasteiger partial charge on any atom is -0.486 e. The lowest BCUT2D eigenvalue weighted by Gasteiger charge is -2.09. The molecule has 8 nitrogen and oxygen atoms in total. The van der Waals surface area contributed by atoms with E-state index in [0.29, 0.717) is 38.9 Å². The van der Waals surface area contributed by atoms with E-state index in [0.717, 1.165) is 4.88 Å². The van der Waals surface area contributed by atoms with Gasteiger partial charge in [-0.15, -0.1) is 28.1 Å². The van der Waals surface area contributed by atoms with Crippen molar-refractivity contribution in [1.29, 1.82) is 0 Å². The van der Waals surface area contributed by atoms with Gasteiger partial charge in [-0.05, 0) is 44.2 Å². The number of aryl methyl sites for hydroxylation is 1. The first kappa shape index (κ1) is 24.8. The first-order chi connectivity index (χ1) is 15.9. The van der Waals surface area contributed by atoms with Gasteiger partial charge in [-0.3, -0.25) is 9.36 Å². The molecule has 0 aliphatic rings. The number of hydrogen-bond acceptors (Lipinski definition) is 8. The molecule has 3 rings (SSSR count). The Labute approximate surface area is 204 Å². The van der Waals surface area contributed by atoms with Crippen LogP contribution in [0.15, 0.2) is 48.1 Å². The number of ether oxygens (including phenoxy) is 2. The van der Waals surface area contributed by atoms with Crippen molar-refractivity contribution in [3.05, 3.63) is 64.3 Å². The van der Waals surface area contributed by atoms with E-state index in [4.69, 9.17) is 21.1 Å². The molecule has 0 radical (unpaired) electrons. The summed E-state index contributed by atoms with van der Waals surface area (Å²) >= 11 is 8.46. The van der Waals surface area contributed by atoms with Gasteiger partial charge in [0.25, 0.3) is 0 Å². The van der Waals surface area contributed by atoms with Crippen molar-refractivity contribution in [2.45, 2.75) is 32.2 Å². The van der Waals surface area contributed by atoms with Gasteiger partial charge in [-0.1, -0.05) is 29.4 Å². The summed E-state index contributed by atoms with van der Waals surface area (Å²) in [6.07, 6.45) is 1.72. The standard InChI is InChI=1S/C22H23ClN4O4S2/c1-4-10-27-18(12-31-16-8-6-15(23)7-9-16)25-26-22(27)32-13-19(28)24-20-17(11-14(3)33-20)21(29)30-5-2/h4,6-9,11H,1,5,10,12-13H2,2-3H3,(H,24,28). The highest BCUT2D eigenvalue weighted by molar-refractivity contribution is 7.99. The van der Waals surface area contributed by atoms with Gasteiger partial charge in [-0.2, -0.15) is 0 Å². The molecule has 0 saturated carbocycles. The fourth-order valence-electron chi connectivity index (χ4n) is 2.78. The number of allylic oxidation sites excluding steroid dienone is 1. The normalized spacial score (nSPS) is 10.6. The first-order valence-electron chi connectivity index (χ1n) is 10.0. The molecule has 0 fully saturated rings. The fraction of sp³-hybridized carbons (Fsp3) is 0.273. The predicted octanol–water partition coefficient (Wildman–Crippen LogP) is 4.97. The van der Waals surface area contributed by atoms with Crippen molar-refractivity contribution in [3.8, 4) is 5.75 Å². The highest BCUT2D eigenvalue weighted by atomic mass is 35.5. The summed E-state index contributed by atoms with van der Waals surface area (Å²) in [5.41, 5.74) is 0.356. The molecule has 3 aromatic rings. The van der Waals surface area contributed by atoms with E-state index in [-0.39, 0.29) is 24.9 Å². The Kier molecular flexibility index (Phi) is 8.93. The van der Waals surface area contributed by atoms with Crippen LogP contribution in [-0.2, 0) is 22.7 Å². The second kappa shape index (κ2) is 11.9. The smallest absolute Gasteiger partial charge is 0.341 e. The third kappa shape index (κ3) is 6.83. The summed E-state index contributed by atoms with van der Waals surface area (Å²) in [6, 6.07) is 8.74. The summed E-state index contributed by atoms with van der Waals surface area (Å²) in [6.45, 7) is 8.31. The molecule has 1 N–H and O–H groups in total. The van der Waals surface area contributed by atoms with E-state index in [2.05, 4.69) is 22.1 Å². The van der Waals surface area contributed by atoms with Crippen molar-refractivity contribution in [1.82, 2.24) is 14.8 Å². The van der Waals surface area contributed by atoms with Crippen LogP contribution in [0, 0.1) is 6.92 Å². The number of carbonyl (C=O) groups is 2. The lowest BCUT2D eigenvalue weighted by molar-refractivity contribution is -0.113. The Morgan fingerprint density at radius 2 is 2.06 bits per heavy atom. The van der Waals surface area contributed by atoms with Crippen molar-refractivity contribution >= 4 is 51.6 Å². The average molecular weight is 507 g/mol. The van der Waals surface area contributed by atoms with E-state index in [1.807, 2.05) is 11.5 Å². The van der Waals surface area contributed by atoms with Crippen LogP contribution in [-0.4, -0.2) is 39.0 Å². The second-order valence-electron chi connectivity index (χ2n) is 6.70. The maximum absolute atomic E-state index is 12.6.